The molecule has 2 aliphatic rings. The van der Waals surface area contributed by atoms with E-state index >= 15 is 0 Å². The number of nitrogens with zero attached hydrogens (tertiary/aromatic N) is 3. The van der Waals surface area contributed by atoms with Crippen molar-refractivity contribution in [3.05, 3.63) is 253 Å². The molecule has 2 aliphatic heterocycles. The summed E-state index contributed by atoms with van der Waals surface area (Å²) in [5.41, 5.74) is 6.74. The summed E-state index contributed by atoms with van der Waals surface area (Å²) in [4.78, 5) is 105. The summed E-state index contributed by atoms with van der Waals surface area (Å²) < 4.78 is 18.8. The summed E-state index contributed by atoms with van der Waals surface area (Å²) in [6, 6.07) is 53.5. The van der Waals surface area contributed by atoms with Crippen molar-refractivity contribution in [2.75, 3.05) is 17.5 Å². The Morgan fingerprint density at radius 1 is 0.645 bits per heavy atom. The number of hydrogen-bond donors (Lipinski definition) is 4. The molecule has 12 atom stereocenters. The quantitative estimate of drug-likeness (QED) is 0.00598. The first-order chi connectivity index (χ1) is 51.6. The molecule has 0 radical (unpaired) electrons. The van der Waals surface area contributed by atoms with Gasteiger partial charge in [0.2, 0.25) is 5.78 Å². The minimum Gasteiger partial charge on any atom is -0.870 e. The van der Waals surface area contributed by atoms with Crippen molar-refractivity contribution in [2.24, 2.45) is 45.7 Å². The van der Waals surface area contributed by atoms with Gasteiger partial charge in [0, 0.05) is 39.8 Å². The van der Waals surface area contributed by atoms with Crippen molar-refractivity contribution in [1.82, 2.24) is 9.80 Å². The summed E-state index contributed by atoms with van der Waals surface area (Å²) >= 11 is 2.23. The number of carboxylic acid groups (broad SMARTS) is 3. The van der Waals surface area contributed by atoms with Gasteiger partial charge in [0.05, 0.1) is 30.8 Å². The predicted octanol–water partition coefficient (Wildman–Crippen LogP) is 11.4. The maximum absolute atomic E-state index is 13.2. The number of aliphatic imine (C=N–C) groups is 1. The van der Waals surface area contributed by atoms with Crippen LogP contribution in [0.2, 0.25) is 0 Å². The molecule has 6 N–H and O–H groups in total. The van der Waals surface area contributed by atoms with Crippen LogP contribution in [0.1, 0.15) is 203 Å². The number of esters is 2. The molecule has 0 spiro atoms. The largest absolute Gasteiger partial charge is 1.00 e. The monoisotopic (exact) mass is 1660 g/mol. The summed E-state index contributed by atoms with van der Waals surface area (Å²) in [7, 11) is 0. The maximum Gasteiger partial charge on any atom is 1.00 e. The summed E-state index contributed by atoms with van der Waals surface area (Å²) in [5.74, 6) is -4.43. The number of nitrogens with two attached hydrogens (primary N) is 1. The molecule has 588 valence electrons. The maximum atomic E-state index is 13.2. The first-order valence-electron chi connectivity index (χ1n) is 37.4. The van der Waals surface area contributed by atoms with Crippen LogP contribution >= 0.6 is 22.6 Å². The van der Waals surface area contributed by atoms with Gasteiger partial charge in [0.25, 0.3) is 0 Å². The second-order valence-corrected chi connectivity index (χ2v) is 26.4. The third kappa shape index (κ3) is 32.5. The van der Waals surface area contributed by atoms with Crippen LogP contribution in [0.25, 0.3) is 0 Å². The number of halogens is 1. The Balaban J connectivity index is -0.00000131. The Morgan fingerprint density at radius 2 is 1.06 bits per heavy atom. The number of benzene rings is 6. The van der Waals surface area contributed by atoms with E-state index in [1.54, 1.807) is 80.7 Å². The molecule has 0 aromatic heterocycles. The molecular formula is C88H118IKN5NaO14. The van der Waals surface area contributed by atoms with E-state index in [-0.39, 0.29) is 165 Å². The van der Waals surface area contributed by atoms with Gasteiger partial charge < -0.3 is 46.2 Å². The van der Waals surface area contributed by atoms with Crippen LogP contribution in [0.15, 0.2) is 225 Å². The fourth-order valence-electron chi connectivity index (χ4n) is 11.6. The van der Waals surface area contributed by atoms with Crippen molar-refractivity contribution in [3.63, 3.8) is 0 Å². The molecule has 6 aromatic carbocycles. The van der Waals surface area contributed by atoms with Gasteiger partial charge in [-0.1, -0.05) is 352 Å². The molecule has 8 rings (SSSR count). The van der Waals surface area contributed by atoms with Crippen LogP contribution in [-0.4, -0.2) is 126 Å². The molecule has 0 bridgehead atoms. The first-order valence-corrected chi connectivity index (χ1v) is 38.2. The third-order valence-corrected chi connectivity index (χ3v) is 19.5. The number of Topliss-reactive ketones (excluding diaryl/α,β-unsaturated/α-hetero) is 3. The Kier molecular flexibility index (Phi) is 56.8. The van der Waals surface area contributed by atoms with Gasteiger partial charge >= 0.3 is 105 Å². The molecule has 2 heterocycles. The number of carboxylic acids is 3. The van der Waals surface area contributed by atoms with E-state index in [1.165, 1.54) is 6.08 Å². The second-order valence-electron chi connectivity index (χ2n) is 25.5. The van der Waals surface area contributed by atoms with Gasteiger partial charge in [0.1, 0.15) is 23.0 Å². The van der Waals surface area contributed by atoms with Crippen LogP contribution in [0, 0.1) is 40.4 Å². The number of ether oxygens (including phenoxy) is 2. The number of rotatable bonds is 31. The zero-order chi connectivity index (χ0) is 81.5. The Hall–Kier alpha value is -6.55. The van der Waals surface area contributed by atoms with Crippen LogP contribution in [0.4, 0.5) is 0 Å². The molecule has 2 fully saturated rings. The number of aliphatic carboxylic acids is 3. The minimum absolute atomic E-state index is 0. The summed E-state index contributed by atoms with van der Waals surface area (Å²) in [5, 5.41) is 37.2. The van der Waals surface area contributed by atoms with E-state index in [2.05, 4.69) is 54.2 Å². The Morgan fingerprint density at radius 3 is 1.43 bits per heavy atom. The van der Waals surface area contributed by atoms with Gasteiger partial charge in [-0.2, -0.15) is 0 Å². The number of carbonyl (C=O) groups is 8. The number of ketones is 3. The molecule has 110 heavy (non-hydrogen) atoms. The number of cyclic esters (lactones) is 2. The average molecular weight is 1660 g/mol. The smallest absolute Gasteiger partial charge is 0.870 e. The van der Waals surface area contributed by atoms with E-state index in [0.717, 1.165) is 46.8 Å². The van der Waals surface area contributed by atoms with E-state index in [1.807, 2.05) is 213 Å². The Labute approximate surface area is 734 Å². The van der Waals surface area contributed by atoms with E-state index < -0.39 is 65.2 Å². The fourth-order valence-corrected chi connectivity index (χ4v) is 11.6. The van der Waals surface area contributed by atoms with Crippen LogP contribution in [0.5, 0.6) is 0 Å². The van der Waals surface area contributed by atoms with E-state index in [0.29, 0.717) is 36.4 Å². The van der Waals surface area contributed by atoms with E-state index in [9.17, 15) is 48.6 Å². The van der Waals surface area contributed by atoms with Crippen LogP contribution < -0.4 is 91.8 Å². The number of nitrogens with one attached hydrogen (secondary N) is 1. The predicted molar refractivity (Wildman–Crippen MR) is 440 cm³/mol. The molecule has 0 amide bonds. The van der Waals surface area contributed by atoms with Gasteiger partial charge in [-0.3, -0.25) is 33.8 Å². The van der Waals surface area contributed by atoms with Crippen LogP contribution in [-0.2, 0) is 33.4 Å². The van der Waals surface area contributed by atoms with Gasteiger partial charge in [0.15, 0.2) is 24.0 Å². The Bertz CT molecular complexity index is 3730. The van der Waals surface area contributed by atoms with Gasteiger partial charge in [-0.05, 0) is 48.0 Å². The summed E-state index contributed by atoms with van der Waals surface area (Å²) in [6.07, 6.45) is 9.85. The summed E-state index contributed by atoms with van der Waals surface area (Å²) in [6.45, 7) is 36.8. The zero-order valence-corrected chi connectivity index (χ0v) is 74.7. The standard InChI is InChI=1S/C24H27NO3.C21H23NO3.C17H21NO3.C13H17NO2.C6H13NO2.C3H5I.2C2H6.K.Na.H2O/c1-4-16-24(18(3)5-2)23(27)28-22(20-14-10-7-11-15-20)25(24)17-21(26)19-12-8-6-9-13-19;1-3-15(2)19-21(24)25-20(17-12-8-5-9-13-17)22(19)14-18(23)16-10-6-4-7-11-16;1-4-11-17(16(20)21,12(3)5-2)15(18)14(19)13-9-7-6-8-10-13;1-3-10(2)12(13(15)16)14-9-11-7-5-4-6-8-11;1-3-4(2)5(7)6(8)9;1-2-3-4;2*1-2;;;/h4,6-15,18,22H,1,5,16-17H2,2-3H3;4-13,15,19-20H,3,14H2,1-2H3;4,6-10,12,18H,1,5,11H2,2-3H3,(H,20,21);4-10,12H,3H2,1-2H3,(H,15,16);4-5H,3,7H2,1-2H3,(H,8,9);2H,1,3H2;2*1-2H3;;;1H2/q;;;;;;;;2*+1;/p-2/t18?,22-,24-;15?,19-,20-;12-,17-;10?,12-;4?,5-;;;;;;/m00100....../s1/i;;;;;;1D;;;;. The minimum atomic E-state index is -1.52. The van der Waals surface area contributed by atoms with Crippen molar-refractivity contribution >= 4 is 81.7 Å². The SMILES string of the molecule is C=CCI.C=CC[C@@](C(=N)C(=O)c1ccccc1)(C(=O)O)[C@H](C)CC.C=CC[C@]1(C(C)CC)C(=O)O[C@@H](c2ccccc2)N1CC(=O)c1ccccc1.CC.CCC(C)[C@H](N)C(=O)O.CCC(C)[C@H](N=Cc1ccccc1)C(=O)[O-].CCC(C)[C@H]1C(=O)O[C@@H](c2ccccc2)N1CC(=O)c1ccccc1.[2H]CC.[K+].[Na+].[OH-]. The van der Waals surface area contributed by atoms with Crippen molar-refractivity contribution in [2.45, 2.75) is 178 Å². The average Bonchev–Trinajstić information content (AvgIpc) is 1.60. The fraction of sp³-hybridized carbons (Fsp3) is 0.409. The molecule has 6 aromatic rings. The molecule has 19 nitrogen and oxygen atoms in total. The zero-order valence-electron chi connectivity index (χ0n) is 68.4. The van der Waals surface area contributed by atoms with Gasteiger partial charge in [-0.25, -0.2) is 14.6 Å². The molecule has 22 heteroatoms. The van der Waals surface area contributed by atoms with Crippen molar-refractivity contribution in [3.8, 4) is 0 Å². The third-order valence-electron chi connectivity index (χ3n) is 18.8. The molecular weight excluding hydrogens is 1540 g/mol. The number of allylic oxidation sites excluding steroid dienone is 2. The van der Waals surface area contributed by atoms with Gasteiger partial charge in [-0.15, -0.1) is 19.7 Å². The topological polar surface area (TPSA) is 317 Å². The first kappa shape index (κ1) is 105. The molecule has 0 aliphatic carbocycles. The number of hydrogen-bond acceptors (Lipinski definition) is 17. The number of carbonyl (C=O) groups excluding carboxylic acids is 6. The van der Waals surface area contributed by atoms with Crippen molar-refractivity contribution < 1.29 is 151 Å². The molecule has 4 unspecified atom stereocenters. The molecule has 2 saturated heterocycles. The number of alkyl halides is 1. The second kappa shape index (κ2) is 59.2. The molecule has 0 saturated carbocycles. The van der Waals surface area contributed by atoms with E-state index in [4.69, 9.17) is 27.1 Å². The van der Waals surface area contributed by atoms with Crippen LogP contribution in [0.3, 0.4) is 0 Å². The normalized spacial score (nSPS) is 17.7. The van der Waals surface area contributed by atoms with Crippen molar-refractivity contribution in [1.29, 1.82) is 5.41 Å².